The molecule has 0 aliphatic rings. The molecule has 0 saturated carbocycles. The summed E-state index contributed by atoms with van der Waals surface area (Å²) in [6.07, 6.45) is 1.73. The Morgan fingerprint density at radius 1 is 1.43 bits per heavy atom. The van der Waals surface area contributed by atoms with Gasteiger partial charge in [-0.15, -0.1) is 16.8 Å². The zero-order valence-electron chi connectivity index (χ0n) is 12.2. The molecule has 1 amide bonds. The number of nitrogens with one attached hydrogen (secondary N) is 2. The van der Waals surface area contributed by atoms with Gasteiger partial charge in [-0.05, 0) is 18.6 Å². The van der Waals surface area contributed by atoms with Crippen molar-refractivity contribution in [3.63, 3.8) is 0 Å². The number of hydrogen-bond acceptors (Lipinski definition) is 6. The van der Waals surface area contributed by atoms with Crippen molar-refractivity contribution in [2.24, 2.45) is 0 Å². The van der Waals surface area contributed by atoms with Gasteiger partial charge in [0.15, 0.2) is 4.34 Å². The maximum absolute atomic E-state index is 12.1. The van der Waals surface area contributed by atoms with Crippen molar-refractivity contribution < 1.29 is 4.79 Å². The van der Waals surface area contributed by atoms with Crippen molar-refractivity contribution in [2.45, 2.75) is 11.3 Å². The van der Waals surface area contributed by atoms with Crippen LogP contribution in [0.2, 0.25) is 10.0 Å². The van der Waals surface area contributed by atoms with Gasteiger partial charge in [0, 0.05) is 6.54 Å². The van der Waals surface area contributed by atoms with Gasteiger partial charge in [0.25, 0.3) is 0 Å². The molecule has 5 nitrogen and oxygen atoms in total. The number of halogens is 2. The van der Waals surface area contributed by atoms with Crippen molar-refractivity contribution >= 4 is 63.0 Å². The molecule has 2 rings (SSSR count). The normalized spacial score (nSPS) is 10.4. The Hall–Kier alpha value is -1.28. The average molecular weight is 389 g/mol. The molecule has 0 spiro atoms. The summed E-state index contributed by atoms with van der Waals surface area (Å²) in [5, 5.41) is 15.3. The Morgan fingerprint density at radius 3 is 2.96 bits per heavy atom. The van der Waals surface area contributed by atoms with Crippen LogP contribution in [-0.2, 0) is 4.79 Å². The second kappa shape index (κ2) is 8.54. The smallest absolute Gasteiger partial charge is 0.234 e. The van der Waals surface area contributed by atoms with E-state index in [0.29, 0.717) is 31.7 Å². The third-order valence-corrected chi connectivity index (χ3v) is 5.50. The van der Waals surface area contributed by atoms with E-state index in [-0.39, 0.29) is 11.7 Å². The highest BCUT2D eigenvalue weighted by atomic mass is 35.5. The third-order valence-electron chi connectivity index (χ3n) is 2.68. The number of carbonyl (C=O) groups is 1. The molecule has 0 bridgehead atoms. The van der Waals surface area contributed by atoms with E-state index in [0.717, 1.165) is 5.56 Å². The van der Waals surface area contributed by atoms with Crippen molar-refractivity contribution in [1.29, 1.82) is 0 Å². The van der Waals surface area contributed by atoms with Crippen LogP contribution in [0, 0.1) is 6.92 Å². The van der Waals surface area contributed by atoms with Crippen LogP contribution >= 0.6 is 46.3 Å². The van der Waals surface area contributed by atoms with E-state index in [1.165, 1.54) is 23.1 Å². The van der Waals surface area contributed by atoms with Gasteiger partial charge >= 0.3 is 0 Å². The molecule has 1 heterocycles. The predicted octanol–water partition coefficient (Wildman–Crippen LogP) is 4.48. The van der Waals surface area contributed by atoms with E-state index < -0.39 is 0 Å². The van der Waals surface area contributed by atoms with Crippen LogP contribution in [0.15, 0.2) is 29.1 Å². The van der Waals surface area contributed by atoms with Crippen LogP contribution in [0.5, 0.6) is 0 Å². The zero-order valence-corrected chi connectivity index (χ0v) is 15.4. The number of rotatable bonds is 7. The Morgan fingerprint density at radius 2 is 2.22 bits per heavy atom. The lowest BCUT2D eigenvalue weighted by molar-refractivity contribution is -0.113. The number of aryl methyl sites for hydroxylation is 1. The van der Waals surface area contributed by atoms with Gasteiger partial charge in [0.05, 0.1) is 21.5 Å². The molecule has 122 valence electrons. The first kappa shape index (κ1) is 18.1. The van der Waals surface area contributed by atoms with Gasteiger partial charge in [-0.1, -0.05) is 58.4 Å². The zero-order chi connectivity index (χ0) is 16.8. The van der Waals surface area contributed by atoms with Crippen LogP contribution in [0.4, 0.5) is 10.8 Å². The molecule has 0 unspecified atom stereocenters. The standard InChI is InChI=1S/C14H14Cl2N4OS2/c1-3-6-17-13-19-20-14(23-13)22-7-10(21)18-12-9(15)5-4-8(2)11(12)16/h3-5H,1,6-7H2,2H3,(H,17,19)(H,18,21). The summed E-state index contributed by atoms with van der Waals surface area (Å²) >= 11 is 14.9. The van der Waals surface area contributed by atoms with Crippen LogP contribution in [0.1, 0.15) is 5.56 Å². The summed E-state index contributed by atoms with van der Waals surface area (Å²) in [5.74, 6) is -0.0170. The summed E-state index contributed by atoms with van der Waals surface area (Å²) in [6, 6.07) is 3.50. The first-order valence-electron chi connectivity index (χ1n) is 6.56. The predicted molar refractivity (Wildman–Crippen MR) is 99.1 cm³/mol. The highest BCUT2D eigenvalue weighted by Gasteiger charge is 2.13. The summed E-state index contributed by atoms with van der Waals surface area (Å²) in [6.45, 7) is 6.08. The van der Waals surface area contributed by atoms with Gasteiger partial charge in [-0.3, -0.25) is 4.79 Å². The van der Waals surface area contributed by atoms with Crippen LogP contribution in [0.3, 0.4) is 0 Å². The third kappa shape index (κ3) is 5.10. The second-order valence-corrected chi connectivity index (χ2v) is 7.42. The minimum Gasteiger partial charge on any atom is -0.357 e. The monoisotopic (exact) mass is 388 g/mol. The van der Waals surface area contributed by atoms with E-state index in [1.807, 2.05) is 6.92 Å². The van der Waals surface area contributed by atoms with E-state index in [4.69, 9.17) is 23.2 Å². The Kier molecular flexibility index (Phi) is 6.71. The highest BCUT2D eigenvalue weighted by Crippen LogP contribution is 2.33. The van der Waals surface area contributed by atoms with E-state index in [1.54, 1.807) is 18.2 Å². The number of aromatic nitrogens is 2. The summed E-state index contributed by atoms with van der Waals surface area (Å²) in [5.41, 5.74) is 1.28. The molecule has 0 aliphatic heterocycles. The van der Waals surface area contributed by atoms with E-state index >= 15 is 0 Å². The molecule has 1 aromatic heterocycles. The Labute approximate surface area is 152 Å². The topological polar surface area (TPSA) is 66.9 Å². The average Bonchev–Trinajstić information content (AvgIpc) is 2.99. The quantitative estimate of drug-likeness (QED) is 0.540. The first-order valence-corrected chi connectivity index (χ1v) is 9.12. The fourth-order valence-electron chi connectivity index (χ4n) is 1.57. The molecular weight excluding hydrogens is 375 g/mol. The summed E-state index contributed by atoms with van der Waals surface area (Å²) < 4.78 is 0.702. The molecule has 9 heteroatoms. The maximum Gasteiger partial charge on any atom is 0.234 e. The summed E-state index contributed by atoms with van der Waals surface area (Å²) in [7, 11) is 0. The van der Waals surface area contributed by atoms with Gasteiger partial charge in [0.1, 0.15) is 0 Å². The second-order valence-electron chi connectivity index (χ2n) is 4.43. The minimum atomic E-state index is -0.208. The lowest BCUT2D eigenvalue weighted by Gasteiger charge is -2.10. The SMILES string of the molecule is C=CCNc1nnc(SCC(=O)Nc2c(Cl)ccc(C)c2Cl)s1. The molecule has 1 aromatic carbocycles. The number of anilines is 2. The molecule has 0 radical (unpaired) electrons. The number of amides is 1. The molecule has 0 saturated heterocycles. The molecule has 0 aliphatic carbocycles. The Bertz CT molecular complexity index is 721. The number of thioether (sulfide) groups is 1. The number of carbonyl (C=O) groups excluding carboxylic acids is 1. The van der Waals surface area contributed by atoms with Crippen molar-refractivity contribution in [3.05, 3.63) is 40.4 Å². The fraction of sp³-hybridized carbons (Fsp3) is 0.214. The van der Waals surface area contributed by atoms with Gasteiger partial charge < -0.3 is 10.6 Å². The van der Waals surface area contributed by atoms with Gasteiger partial charge in [-0.2, -0.15) is 0 Å². The first-order chi connectivity index (χ1) is 11.0. The van der Waals surface area contributed by atoms with Crippen molar-refractivity contribution in [3.8, 4) is 0 Å². The molecule has 23 heavy (non-hydrogen) atoms. The lowest BCUT2D eigenvalue weighted by atomic mass is 10.2. The lowest BCUT2D eigenvalue weighted by Crippen LogP contribution is -2.14. The molecular formula is C14H14Cl2N4OS2. The number of nitrogens with zero attached hydrogens (tertiary/aromatic N) is 2. The number of benzene rings is 1. The number of hydrogen-bond donors (Lipinski definition) is 2. The van der Waals surface area contributed by atoms with Crippen LogP contribution in [0.25, 0.3) is 0 Å². The molecule has 0 fully saturated rings. The molecule has 0 atom stereocenters. The van der Waals surface area contributed by atoms with Gasteiger partial charge in [0.2, 0.25) is 11.0 Å². The van der Waals surface area contributed by atoms with Crippen molar-refractivity contribution in [2.75, 3.05) is 22.9 Å². The highest BCUT2D eigenvalue weighted by molar-refractivity contribution is 8.01. The molecule has 2 aromatic rings. The maximum atomic E-state index is 12.1. The summed E-state index contributed by atoms with van der Waals surface area (Å²) in [4.78, 5) is 12.1. The largest absolute Gasteiger partial charge is 0.357 e. The van der Waals surface area contributed by atoms with Gasteiger partial charge in [-0.25, -0.2) is 0 Å². The van der Waals surface area contributed by atoms with Crippen LogP contribution in [-0.4, -0.2) is 28.4 Å². The minimum absolute atomic E-state index is 0.191. The van der Waals surface area contributed by atoms with Crippen LogP contribution < -0.4 is 10.6 Å². The fourth-order valence-corrected chi connectivity index (χ4v) is 3.60. The van der Waals surface area contributed by atoms with Crippen molar-refractivity contribution in [1.82, 2.24) is 10.2 Å². The van der Waals surface area contributed by atoms with E-state index in [2.05, 4.69) is 27.4 Å². The Balaban J connectivity index is 1.92. The molecule has 2 N–H and O–H groups in total. The van der Waals surface area contributed by atoms with E-state index in [9.17, 15) is 4.79 Å².